The molecule has 37 heavy (non-hydrogen) atoms. The van der Waals surface area contributed by atoms with Crippen molar-refractivity contribution < 1.29 is 23.5 Å². The first-order valence-electron chi connectivity index (χ1n) is 12.6. The van der Waals surface area contributed by atoms with Gasteiger partial charge in [0.2, 0.25) is 5.91 Å². The predicted molar refractivity (Wildman–Crippen MR) is 137 cm³/mol. The second-order valence-corrected chi connectivity index (χ2v) is 9.72. The van der Waals surface area contributed by atoms with Gasteiger partial charge in [-0.05, 0) is 49.7 Å². The monoisotopic (exact) mass is 501 g/mol. The van der Waals surface area contributed by atoms with E-state index in [9.17, 15) is 14.4 Å². The number of hydrogen-bond donors (Lipinski definition) is 1. The molecule has 1 atom stereocenters. The van der Waals surface area contributed by atoms with Gasteiger partial charge in [-0.3, -0.25) is 19.3 Å². The van der Waals surface area contributed by atoms with Gasteiger partial charge in [0.15, 0.2) is 0 Å². The summed E-state index contributed by atoms with van der Waals surface area (Å²) >= 11 is 0. The maximum absolute atomic E-state index is 13.8. The number of rotatable bonds is 5. The first-order valence-corrected chi connectivity index (χ1v) is 12.6. The van der Waals surface area contributed by atoms with Crippen molar-refractivity contribution in [1.82, 2.24) is 15.1 Å². The van der Waals surface area contributed by atoms with Gasteiger partial charge in [0.25, 0.3) is 11.8 Å². The standard InChI is InChI=1S/C29H31N3O5/c1-20-9-11-22(12-10-20)27(34)32-25(26(33)30-18-23-7-5-17-36-23)19-37-29(32)13-15-31(16-14-29)28(35)24-8-4-3-6-21(24)2/h3-12,17,25H,13-16,18-19H2,1-2H3,(H,30,33)/t25-/m1/s1. The summed E-state index contributed by atoms with van der Waals surface area (Å²) in [5, 5.41) is 2.88. The second-order valence-electron chi connectivity index (χ2n) is 9.72. The molecule has 0 bridgehead atoms. The minimum Gasteiger partial charge on any atom is -0.467 e. The number of furan rings is 1. The fourth-order valence-corrected chi connectivity index (χ4v) is 5.15. The van der Waals surface area contributed by atoms with Gasteiger partial charge in [0, 0.05) is 37.1 Å². The van der Waals surface area contributed by atoms with Crippen LogP contribution in [-0.2, 0) is 16.1 Å². The Balaban J connectivity index is 1.37. The van der Waals surface area contributed by atoms with Crippen LogP contribution in [0.1, 0.15) is 50.4 Å². The summed E-state index contributed by atoms with van der Waals surface area (Å²) < 4.78 is 11.6. The number of hydrogen-bond acceptors (Lipinski definition) is 5. The Morgan fingerprint density at radius 2 is 1.68 bits per heavy atom. The van der Waals surface area contributed by atoms with E-state index in [0.717, 1.165) is 11.1 Å². The maximum Gasteiger partial charge on any atom is 0.256 e. The smallest absolute Gasteiger partial charge is 0.256 e. The Kier molecular flexibility index (Phi) is 6.84. The molecule has 192 valence electrons. The van der Waals surface area contributed by atoms with Crippen molar-refractivity contribution in [1.29, 1.82) is 0 Å². The van der Waals surface area contributed by atoms with Gasteiger partial charge in [-0.2, -0.15) is 0 Å². The topological polar surface area (TPSA) is 92.1 Å². The Morgan fingerprint density at radius 1 is 0.946 bits per heavy atom. The van der Waals surface area contributed by atoms with Crippen LogP contribution in [0.5, 0.6) is 0 Å². The average molecular weight is 502 g/mol. The van der Waals surface area contributed by atoms with Crippen LogP contribution in [0, 0.1) is 13.8 Å². The molecule has 2 fully saturated rings. The number of aryl methyl sites for hydroxylation is 2. The van der Waals surface area contributed by atoms with E-state index in [4.69, 9.17) is 9.15 Å². The normalized spacial score (nSPS) is 18.7. The first-order chi connectivity index (χ1) is 17.9. The number of ether oxygens (including phenoxy) is 1. The van der Waals surface area contributed by atoms with Crippen LogP contribution in [0.3, 0.4) is 0 Å². The third-order valence-electron chi connectivity index (χ3n) is 7.30. The Labute approximate surface area is 216 Å². The minimum absolute atomic E-state index is 0.0323. The lowest BCUT2D eigenvalue weighted by atomic mass is 9.95. The molecular formula is C29H31N3O5. The lowest BCUT2D eigenvalue weighted by Crippen LogP contribution is -2.59. The van der Waals surface area contributed by atoms with Gasteiger partial charge in [-0.1, -0.05) is 35.9 Å². The average Bonchev–Trinajstić information content (AvgIpc) is 3.56. The fourth-order valence-electron chi connectivity index (χ4n) is 5.15. The number of nitrogens with zero attached hydrogens (tertiary/aromatic N) is 2. The van der Waals surface area contributed by atoms with Crippen molar-refractivity contribution in [3.05, 3.63) is 94.9 Å². The van der Waals surface area contributed by atoms with Crippen LogP contribution in [0.2, 0.25) is 0 Å². The van der Waals surface area contributed by atoms with E-state index in [1.165, 1.54) is 0 Å². The lowest BCUT2D eigenvalue weighted by Gasteiger charge is -2.44. The SMILES string of the molecule is Cc1ccc(C(=O)N2[C@@H](C(=O)NCc3ccco3)COC23CCN(C(=O)c2ccccc2C)CC3)cc1. The highest BCUT2D eigenvalue weighted by atomic mass is 16.5. The van der Waals surface area contributed by atoms with Crippen LogP contribution >= 0.6 is 0 Å². The van der Waals surface area contributed by atoms with Crippen molar-refractivity contribution in [2.45, 2.75) is 45.0 Å². The highest BCUT2D eigenvalue weighted by Gasteiger charge is 2.54. The van der Waals surface area contributed by atoms with E-state index in [1.807, 2.05) is 50.2 Å². The third kappa shape index (κ3) is 4.89. The molecule has 0 aliphatic carbocycles. The molecule has 3 heterocycles. The molecular weight excluding hydrogens is 470 g/mol. The zero-order valence-corrected chi connectivity index (χ0v) is 21.1. The van der Waals surface area contributed by atoms with Gasteiger partial charge in [0.1, 0.15) is 17.5 Å². The van der Waals surface area contributed by atoms with Crippen LogP contribution in [0.4, 0.5) is 0 Å². The molecule has 2 saturated heterocycles. The van der Waals surface area contributed by atoms with Crippen LogP contribution < -0.4 is 5.32 Å². The highest BCUT2D eigenvalue weighted by Crippen LogP contribution is 2.39. The van der Waals surface area contributed by atoms with Crippen molar-refractivity contribution in [3.63, 3.8) is 0 Å². The zero-order chi connectivity index (χ0) is 26.0. The van der Waals surface area contributed by atoms with Crippen LogP contribution in [-0.4, -0.2) is 59.0 Å². The Morgan fingerprint density at radius 3 is 2.35 bits per heavy atom. The number of nitrogens with one attached hydrogen (secondary N) is 1. The number of benzene rings is 2. The van der Waals surface area contributed by atoms with E-state index in [0.29, 0.717) is 42.8 Å². The molecule has 8 heteroatoms. The van der Waals surface area contributed by atoms with Gasteiger partial charge in [-0.15, -0.1) is 0 Å². The zero-order valence-electron chi connectivity index (χ0n) is 21.1. The number of carbonyl (C=O) groups excluding carboxylic acids is 3. The summed E-state index contributed by atoms with van der Waals surface area (Å²) in [4.78, 5) is 43.7. The molecule has 0 unspecified atom stereocenters. The van der Waals surface area contributed by atoms with Gasteiger partial charge in [-0.25, -0.2) is 0 Å². The quantitative estimate of drug-likeness (QED) is 0.576. The number of likely N-dealkylation sites (tertiary alicyclic amines) is 1. The molecule has 1 N–H and O–H groups in total. The van der Waals surface area contributed by atoms with Crippen molar-refractivity contribution in [3.8, 4) is 0 Å². The van der Waals surface area contributed by atoms with Crippen LogP contribution in [0.15, 0.2) is 71.3 Å². The van der Waals surface area contributed by atoms with E-state index in [-0.39, 0.29) is 30.9 Å². The second kappa shape index (κ2) is 10.2. The molecule has 5 rings (SSSR count). The third-order valence-corrected chi connectivity index (χ3v) is 7.30. The summed E-state index contributed by atoms with van der Waals surface area (Å²) in [6.45, 7) is 5.04. The number of piperidine rings is 1. The molecule has 8 nitrogen and oxygen atoms in total. The molecule has 0 saturated carbocycles. The van der Waals surface area contributed by atoms with Gasteiger partial charge >= 0.3 is 0 Å². The predicted octanol–water partition coefficient (Wildman–Crippen LogP) is 3.69. The molecule has 1 spiro atoms. The molecule has 1 aromatic heterocycles. The molecule has 2 aliphatic heterocycles. The van der Waals surface area contributed by atoms with Crippen molar-refractivity contribution >= 4 is 17.7 Å². The summed E-state index contributed by atoms with van der Waals surface area (Å²) in [7, 11) is 0. The van der Waals surface area contributed by atoms with Crippen molar-refractivity contribution in [2.24, 2.45) is 0 Å². The number of carbonyl (C=O) groups is 3. The number of amides is 3. The summed E-state index contributed by atoms with van der Waals surface area (Å²) in [5.41, 5.74) is 2.18. The Bertz CT molecular complexity index is 1280. The van der Waals surface area contributed by atoms with E-state index >= 15 is 0 Å². The Hall–Kier alpha value is -3.91. The van der Waals surface area contributed by atoms with Gasteiger partial charge in [0.05, 0.1) is 19.4 Å². The maximum atomic E-state index is 13.8. The summed E-state index contributed by atoms with van der Waals surface area (Å²) in [6.07, 6.45) is 2.39. The fraction of sp³-hybridized carbons (Fsp3) is 0.345. The largest absolute Gasteiger partial charge is 0.467 e. The molecule has 2 aromatic carbocycles. The minimum atomic E-state index is -0.961. The molecule has 3 aromatic rings. The first kappa shape index (κ1) is 24.8. The molecule has 3 amide bonds. The summed E-state index contributed by atoms with van der Waals surface area (Å²) in [5.74, 6) is 0.0398. The van der Waals surface area contributed by atoms with Gasteiger partial charge < -0.3 is 19.4 Å². The molecule has 0 radical (unpaired) electrons. The van der Waals surface area contributed by atoms with E-state index in [1.54, 1.807) is 40.3 Å². The summed E-state index contributed by atoms with van der Waals surface area (Å²) in [6, 6.07) is 17.6. The van der Waals surface area contributed by atoms with Crippen molar-refractivity contribution in [2.75, 3.05) is 19.7 Å². The van der Waals surface area contributed by atoms with E-state index in [2.05, 4.69) is 5.32 Å². The molecule has 2 aliphatic rings. The van der Waals surface area contributed by atoms with Crippen LogP contribution in [0.25, 0.3) is 0 Å². The van der Waals surface area contributed by atoms with E-state index < -0.39 is 11.8 Å². The highest BCUT2D eigenvalue weighted by molar-refractivity contribution is 5.99. The lowest BCUT2D eigenvalue weighted by molar-refractivity contribution is -0.128.